The highest BCUT2D eigenvalue weighted by molar-refractivity contribution is 5.96. The first-order chi connectivity index (χ1) is 12.0. The molecule has 2 rings (SSSR count). The van der Waals surface area contributed by atoms with Crippen molar-refractivity contribution in [2.45, 2.75) is 12.8 Å². The van der Waals surface area contributed by atoms with Gasteiger partial charge in [-0.05, 0) is 35.9 Å². The van der Waals surface area contributed by atoms with E-state index in [4.69, 9.17) is 10.5 Å². The van der Waals surface area contributed by atoms with Crippen LogP contribution in [0, 0.1) is 5.82 Å². The summed E-state index contributed by atoms with van der Waals surface area (Å²) in [4.78, 5) is 23.8. The predicted octanol–water partition coefficient (Wildman–Crippen LogP) is 2.30. The largest absolute Gasteiger partial charge is 0.495 e. The number of ether oxygens (including phenoxy) is 1. The molecule has 0 aliphatic heterocycles. The van der Waals surface area contributed by atoms with Crippen LogP contribution in [0.3, 0.4) is 0 Å². The Balaban J connectivity index is 2.06. The molecule has 0 atom stereocenters. The van der Waals surface area contributed by atoms with Crippen LogP contribution in [0.2, 0.25) is 0 Å². The number of methoxy groups -OCH3 is 1. The maximum absolute atomic E-state index is 12.9. The van der Waals surface area contributed by atoms with Crippen molar-refractivity contribution in [1.29, 1.82) is 0 Å². The van der Waals surface area contributed by atoms with Crippen molar-refractivity contribution in [2.24, 2.45) is 5.73 Å². The van der Waals surface area contributed by atoms with E-state index < -0.39 is 0 Å². The zero-order valence-electron chi connectivity index (χ0n) is 13.8. The molecule has 7 heteroatoms. The van der Waals surface area contributed by atoms with E-state index in [-0.39, 0.29) is 37.0 Å². The van der Waals surface area contributed by atoms with Gasteiger partial charge in [0.2, 0.25) is 11.8 Å². The molecule has 6 nitrogen and oxygen atoms in total. The van der Waals surface area contributed by atoms with Gasteiger partial charge in [-0.15, -0.1) is 0 Å². The Morgan fingerprint density at radius 1 is 1.08 bits per heavy atom. The summed E-state index contributed by atoms with van der Waals surface area (Å²) >= 11 is 0. The highest BCUT2D eigenvalue weighted by Gasteiger charge is 2.10. The first-order valence-corrected chi connectivity index (χ1v) is 7.74. The van der Waals surface area contributed by atoms with Crippen molar-refractivity contribution in [3.63, 3.8) is 0 Å². The van der Waals surface area contributed by atoms with Gasteiger partial charge in [-0.2, -0.15) is 0 Å². The molecule has 0 aliphatic carbocycles. The Labute approximate surface area is 145 Å². The summed E-state index contributed by atoms with van der Waals surface area (Å²) in [5.41, 5.74) is 7.01. The van der Waals surface area contributed by atoms with Crippen LogP contribution in [-0.4, -0.2) is 25.5 Å². The number of halogens is 1. The van der Waals surface area contributed by atoms with Gasteiger partial charge >= 0.3 is 0 Å². The molecule has 0 heterocycles. The molecule has 0 aromatic heterocycles. The fourth-order valence-electron chi connectivity index (χ4n) is 2.22. The monoisotopic (exact) mass is 345 g/mol. The molecule has 0 aliphatic rings. The fourth-order valence-corrected chi connectivity index (χ4v) is 2.22. The first-order valence-electron chi connectivity index (χ1n) is 7.74. The van der Waals surface area contributed by atoms with E-state index in [2.05, 4.69) is 10.6 Å². The minimum Gasteiger partial charge on any atom is -0.495 e. The quantitative estimate of drug-likeness (QED) is 0.718. The normalized spacial score (nSPS) is 10.2. The number of nitrogens with one attached hydrogen (secondary N) is 2. The smallest absolute Gasteiger partial charge is 0.228 e. The molecule has 0 fully saturated rings. The lowest BCUT2D eigenvalue weighted by Gasteiger charge is -2.13. The summed E-state index contributed by atoms with van der Waals surface area (Å²) in [6, 6.07) is 10.6. The zero-order valence-corrected chi connectivity index (χ0v) is 13.8. The number of hydrogen-bond acceptors (Lipinski definition) is 4. The number of carbonyl (C=O) groups excluding carboxylic acids is 2. The second-order valence-electron chi connectivity index (χ2n) is 5.35. The van der Waals surface area contributed by atoms with Crippen molar-refractivity contribution in [1.82, 2.24) is 0 Å². The summed E-state index contributed by atoms with van der Waals surface area (Å²) < 4.78 is 18.1. The van der Waals surface area contributed by atoms with E-state index in [1.54, 1.807) is 30.3 Å². The van der Waals surface area contributed by atoms with E-state index in [0.717, 1.165) is 0 Å². The number of hydrogen-bond donors (Lipinski definition) is 3. The first kappa shape index (κ1) is 18.4. The Morgan fingerprint density at radius 3 is 2.44 bits per heavy atom. The average molecular weight is 345 g/mol. The highest BCUT2D eigenvalue weighted by atomic mass is 19.1. The second-order valence-corrected chi connectivity index (χ2v) is 5.35. The van der Waals surface area contributed by atoms with Crippen molar-refractivity contribution in [3.05, 3.63) is 53.8 Å². The lowest BCUT2D eigenvalue weighted by Crippen LogP contribution is -2.17. The zero-order chi connectivity index (χ0) is 18.2. The molecule has 0 radical (unpaired) electrons. The molecule has 25 heavy (non-hydrogen) atoms. The molecule has 0 saturated heterocycles. The third kappa shape index (κ3) is 5.58. The van der Waals surface area contributed by atoms with Gasteiger partial charge in [0, 0.05) is 18.7 Å². The number of nitrogens with two attached hydrogens (primary N) is 1. The molecule has 0 saturated carbocycles. The minimum absolute atomic E-state index is 0.112. The molecular weight excluding hydrogens is 325 g/mol. The summed E-state index contributed by atoms with van der Waals surface area (Å²) in [6.07, 6.45) is 0.297. The number of carbonyl (C=O) groups is 2. The van der Waals surface area contributed by atoms with Crippen LogP contribution in [0.5, 0.6) is 5.75 Å². The van der Waals surface area contributed by atoms with Gasteiger partial charge in [0.05, 0.1) is 19.2 Å². The molecule has 0 unspecified atom stereocenters. The van der Waals surface area contributed by atoms with Gasteiger partial charge in [-0.3, -0.25) is 9.59 Å². The van der Waals surface area contributed by atoms with Gasteiger partial charge in [-0.1, -0.05) is 12.1 Å². The van der Waals surface area contributed by atoms with Gasteiger partial charge in [0.1, 0.15) is 11.6 Å². The summed E-state index contributed by atoms with van der Waals surface area (Å²) in [7, 11) is 1.49. The third-order valence-electron chi connectivity index (χ3n) is 3.41. The van der Waals surface area contributed by atoms with E-state index in [1.807, 2.05) is 0 Å². The Kier molecular flexibility index (Phi) is 6.47. The van der Waals surface area contributed by atoms with Crippen molar-refractivity contribution in [2.75, 3.05) is 24.3 Å². The van der Waals surface area contributed by atoms with E-state index in [0.29, 0.717) is 22.7 Å². The standard InChI is InChI=1S/C18H20FN3O3/c1-25-16-7-6-14(11-15(16)22-17(23)8-9-20)21-18(24)10-12-2-4-13(19)5-3-12/h2-7,11H,8-10,20H2,1H3,(H,21,24)(H,22,23). The predicted molar refractivity (Wildman–Crippen MR) is 94.0 cm³/mol. The lowest BCUT2D eigenvalue weighted by molar-refractivity contribution is -0.116. The SMILES string of the molecule is COc1ccc(NC(=O)Cc2ccc(F)cc2)cc1NC(=O)CCN. The molecule has 0 spiro atoms. The molecule has 2 amide bonds. The van der Waals surface area contributed by atoms with E-state index in [9.17, 15) is 14.0 Å². The third-order valence-corrected chi connectivity index (χ3v) is 3.41. The number of amides is 2. The van der Waals surface area contributed by atoms with Crippen LogP contribution in [0.25, 0.3) is 0 Å². The summed E-state index contributed by atoms with van der Waals surface area (Å²) in [5.74, 6) is -0.370. The number of rotatable bonds is 7. The molecule has 132 valence electrons. The fraction of sp³-hybridized carbons (Fsp3) is 0.222. The van der Waals surface area contributed by atoms with E-state index >= 15 is 0 Å². The van der Waals surface area contributed by atoms with Crippen LogP contribution in [0.4, 0.5) is 15.8 Å². The van der Waals surface area contributed by atoms with Crippen LogP contribution in [-0.2, 0) is 16.0 Å². The van der Waals surface area contributed by atoms with Gasteiger partial charge in [-0.25, -0.2) is 4.39 Å². The van der Waals surface area contributed by atoms with E-state index in [1.165, 1.54) is 19.2 Å². The Hall–Kier alpha value is -2.93. The van der Waals surface area contributed by atoms with Crippen LogP contribution < -0.4 is 21.1 Å². The maximum atomic E-state index is 12.9. The van der Waals surface area contributed by atoms with Crippen LogP contribution in [0.15, 0.2) is 42.5 Å². The Morgan fingerprint density at radius 2 is 1.80 bits per heavy atom. The lowest BCUT2D eigenvalue weighted by atomic mass is 10.1. The number of anilines is 2. The number of benzene rings is 2. The van der Waals surface area contributed by atoms with Gasteiger partial charge in [0.25, 0.3) is 0 Å². The summed E-state index contributed by atoms with van der Waals surface area (Å²) in [6.45, 7) is 0.238. The molecule has 2 aromatic rings. The molecule has 4 N–H and O–H groups in total. The van der Waals surface area contributed by atoms with Gasteiger partial charge < -0.3 is 21.1 Å². The molecule has 0 bridgehead atoms. The molecular formula is C18H20FN3O3. The summed E-state index contributed by atoms with van der Waals surface area (Å²) in [5, 5.41) is 5.43. The van der Waals surface area contributed by atoms with Crippen molar-refractivity contribution >= 4 is 23.2 Å². The average Bonchev–Trinajstić information content (AvgIpc) is 2.57. The molecule has 2 aromatic carbocycles. The van der Waals surface area contributed by atoms with Gasteiger partial charge in [0.15, 0.2) is 0 Å². The van der Waals surface area contributed by atoms with Crippen LogP contribution >= 0.6 is 0 Å². The van der Waals surface area contributed by atoms with Crippen LogP contribution in [0.1, 0.15) is 12.0 Å². The Bertz CT molecular complexity index is 748. The second kappa shape index (κ2) is 8.79. The topological polar surface area (TPSA) is 93.5 Å². The van der Waals surface area contributed by atoms with Crippen molar-refractivity contribution < 1.29 is 18.7 Å². The maximum Gasteiger partial charge on any atom is 0.228 e. The highest BCUT2D eigenvalue weighted by Crippen LogP contribution is 2.28. The van der Waals surface area contributed by atoms with Crippen molar-refractivity contribution in [3.8, 4) is 5.75 Å². The minimum atomic E-state index is -0.350.